The fraction of sp³-hybridized carbons (Fsp3) is 0.750. The van der Waals surface area contributed by atoms with Crippen LogP contribution in [0.5, 0.6) is 0 Å². The van der Waals surface area contributed by atoms with Crippen LogP contribution in [0, 0.1) is 0 Å². The van der Waals surface area contributed by atoms with Crippen molar-refractivity contribution < 1.29 is 4.74 Å². The Bertz CT molecular complexity index is 466. The first-order chi connectivity index (χ1) is 9.31. The average molecular weight is 281 g/mol. The van der Waals surface area contributed by atoms with Gasteiger partial charge in [-0.3, -0.25) is 4.99 Å². The van der Waals surface area contributed by atoms with Crippen molar-refractivity contribution in [1.29, 1.82) is 0 Å². The third-order valence-electron chi connectivity index (χ3n) is 3.71. The van der Waals surface area contributed by atoms with Crippen molar-refractivity contribution in [1.82, 2.24) is 20.1 Å². The Labute approximate surface area is 117 Å². The normalized spacial score (nSPS) is 23.9. The Morgan fingerprint density at radius 2 is 2.37 bits per heavy atom. The number of nitrogens with one attached hydrogen (secondary N) is 1. The summed E-state index contributed by atoms with van der Waals surface area (Å²) in [5.41, 5.74) is 0.209. The van der Waals surface area contributed by atoms with Gasteiger partial charge in [-0.2, -0.15) is 0 Å². The Hall–Kier alpha value is -1.08. The third-order valence-corrected chi connectivity index (χ3v) is 4.91. The molecule has 1 aromatic heterocycles. The molecule has 0 saturated carbocycles. The molecule has 104 valence electrons. The molecule has 2 aliphatic rings. The second kappa shape index (κ2) is 5.50. The van der Waals surface area contributed by atoms with Crippen molar-refractivity contribution in [3.05, 3.63) is 12.2 Å². The number of aromatic nitrogens is 3. The average Bonchev–Trinajstić information content (AvgIpc) is 3.04. The van der Waals surface area contributed by atoms with Gasteiger partial charge in [-0.15, -0.1) is 10.2 Å². The molecule has 2 fully saturated rings. The number of hydrogen-bond donors (Lipinski definition) is 1. The van der Waals surface area contributed by atoms with Gasteiger partial charge in [0.1, 0.15) is 12.9 Å². The van der Waals surface area contributed by atoms with Gasteiger partial charge in [0.05, 0.1) is 5.54 Å². The molecule has 0 unspecified atom stereocenters. The summed E-state index contributed by atoms with van der Waals surface area (Å²) in [6, 6.07) is 0. The summed E-state index contributed by atoms with van der Waals surface area (Å²) in [5, 5.41) is 12.6. The molecule has 0 aliphatic carbocycles. The molecule has 0 aromatic carbocycles. The van der Waals surface area contributed by atoms with Crippen LogP contribution >= 0.6 is 11.8 Å². The molecule has 7 heteroatoms. The monoisotopic (exact) mass is 281 g/mol. The number of nitrogens with zero attached hydrogens (tertiary/aromatic N) is 4. The first-order valence-electron chi connectivity index (χ1n) is 6.71. The lowest BCUT2D eigenvalue weighted by Crippen LogP contribution is -2.48. The van der Waals surface area contributed by atoms with Crippen LogP contribution in [0.4, 0.5) is 0 Å². The molecular weight excluding hydrogens is 262 g/mol. The van der Waals surface area contributed by atoms with Crippen LogP contribution in [0.15, 0.2) is 11.3 Å². The maximum Gasteiger partial charge on any atom is 0.157 e. The van der Waals surface area contributed by atoms with Crippen LogP contribution in [0.2, 0.25) is 0 Å². The van der Waals surface area contributed by atoms with Gasteiger partial charge in [0.25, 0.3) is 0 Å². The number of rotatable bonds is 3. The summed E-state index contributed by atoms with van der Waals surface area (Å²) in [4.78, 5) is 4.63. The lowest BCUT2D eigenvalue weighted by Gasteiger charge is -2.32. The molecule has 0 radical (unpaired) electrons. The minimum Gasteiger partial charge on any atom is -0.381 e. The summed E-state index contributed by atoms with van der Waals surface area (Å²) in [5.74, 6) is 2.01. The second-order valence-corrected chi connectivity index (χ2v) is 5.92. The van der Waals surface area contributed by atoms with Crippen LogP contribution in [0.25, 0.3) is 0 Å². The van der Waals surface area contributed by atoms with E-state index in [0.29, 0.717) is 6.54 Å². The number of ether oxygens (including phenoxy) is 1. The molecule has 0 atom stereocenters. The fourth-order valence-electron chi connectivity index (χ4n) is 2.43. The van der Waals surface area contributed by atoms with E-state index in [4.69, 9.17) is 4.74 Å². The predicted octanol–water partition coefficient (Wildman–Crippen LogP) is 1.04. The molecule has 6 nitrogen and oxygen atoms in total. The summed E-state index contributed by atoms with van der Waals surface area (Å²) in [7, 11) is 0. The van der Waals surface area contributed by atoms with Crippen LogP contribution in [0.1, 0.15) is 25.6 Å². The zero-order valence-corrected chi connectivity index (χ0v) is 11.9. The van der Waals surface area contributed by atoms with Crippen LogP contribution in [-0.2, 0) is 17.8 Å². The van der Waals surface area contributed by atoms with Gasteiger partial charge in [0, 0.05) is 25.5 Å². The molecule has 1 aromatic rings. The first-order valence-corrected chi connectivity index (χ1v) is 7.70. The maximum atomic E-state index is 5.43. The van der Waals surface area contributed by atoms with Gasteiger partial charge in [0.2, 0.25) is 0 Å². The molecule has 1 spiro atoms. The van der Waals surface area contributed by atoms with Crippen molar-refractivity contribution in [2.45, 2.75) is 38.4 Å². The van der Waals surface area contributed by atoms with Crippen LogP contribution < -0.4 is 5.32 Å². The fourth-order valence-corrected chi connectivity index (χ4v) is 3.65. The summed E-state index contributed by atoms with van der Waals surface area (Å²) < 4.78 is 7.45. The molecule has 3 heterocycles. The first kappa shape index (κ1) is 12.9. The highest BCUT2D eigenvalue weighted by Gasteiger charge is 2.38. The highest BCUT2D eigenvalue weighted by Crippen LogP contribution is 2.31. The minimum atomic E-state index is 0.209. The lowest BCUT2D eigenvalue weighted by atomic mass is 9.93. The SMILES string of the molecule is CCn1cnnc1CN=C1NC2(CCOCC2)CS1. The summed E-state index contributed by atoms with van der Waals surface area (Å²) in [6.45, 7) is 5.26. The van der Waals surface area contributed by atoms with Crippen LogP contribution in [-0.4, -0.2) is 44.4 Å². The topological polar surface area (TPSA) is 64.3 Å². The zero-order valence-electron chi connectivity index (χ0n) is 11.1. The minimum absolute atomic E-state index is 0.209. The van der Waals surface area contributed by atoms with Gasteiger partial charge >= 0.3 is 0 Å². The van der Waals surface area contributed by atoms with Crippen molar-refractivity contribution in [3.8, 4) is 0 Å². The van der Waals surface area contributed by atoms with Gasteiger partial charge in [-0.25, -0.2) is 0 Å². The molecular formula is C12H19N5OS. The highest BCUT2D eigenvalue weighted by atomic mass is 32.2. The van der Waals surface area contributed by atoms with Gasteiger partial charge in [-0.1, -0.05) is 11.8 Å². The maximum absolute atomic E-state index is 5.43. The Kier molecular flexibility index (Phi) is 3.74. The second-order valence-electron chi connectivity index (χ2n) is 4.96. The van der Waals surface area contributed by atoms with Crippen molar-refractivity contribution >= 4 is 16.9 Å². The van der Waals surface area contributed by atoms with E-state index in [9.17, 15) is 0 Å². The smallest absolute Gasteiger partial charge is 0.157 e. The molecule has 0 bridgehead atoms. The van der Waals surface area contributed by atoms with Crippen molar-refractivity contribution in [2.75, 3.05) is 19.0 Å². The molecule has 2 aliphatic heterocycles. The van der Waals surface area contributed by atoms with E-state index >= 15 is 0 Å². The molecule has 19 heavy (non-hydrogen) atoms. The quantitative estimate of drug-likeness (QED) is 0.897. The summed E-state index contributed by atoms with van der Waals surface area (Å²) in [6.07, 6.45) is 3.90. The molecule has 1 N–H and O–H groups in total. The van der Waals surface area contributed by atoms with E-state index in [-0.39, 0.29) is 5.54 Å². The van der Waals surface area contributed by atoms with E-state index in [0.717, 1.165) is 49.3 Å². The van der Waals surface area contributed by atoms with Crippen molar-refractivity contribution in [2.24, 2.45) is 4.99 Å². The Balaban J connectivity index is 1.63. The van der Waals surface area contributed by atoms with E-state index < -0.39 is 0 Å². The Morgan fingerprint density at radius 3 is 3.16 bits per heavy atom. The molecule has 2 saturated heterocycles. The largest absolute Gasteiger partial charge is 0.381 e. The van der Waals surface area contributed by atoms with Gasteiger partial charge in [0.15, 0.2) is 11.0 Å². The third kappa shape index (κ3) is 2.76. The zero-order chi connectivity index (χ0) is 13.1. The van der Waals surface area contributed by atoms with Crippen molar-refractivity contribution in [3.63, 3.8) is 0 Å². The van der Waals surface area contributed by atoms with Gasteiger partial charge in [-0.05, 0) is 19.8 Å². The standard InChI is InChI=1S/C12H19N5OS/c1-2-17-9-14-16-10(17)7-13-11-15-12(8-19-11)3-5-18-6-4-12/h9H,2-8H2,1H3,(H,13,15). The molecule has 0 amide bonds. The number of thioether (sulfide) groups is 1. The number of aliphatic imine (C=N–C) groups is 1. The number of hydrogen-bond acceptors (Lipinski definition) is 5. The lowest BCUT2D eigenvalue weighted by molar-refractivity contribution is 0.0555. The van der Waals surface area contributed by atoms with E-state index in [1.54, 1.807) is 6.33 Å². The van der Waals surface area contributed by atoms with Crippen LogP contribution in [0.3, 0.4) is 0 Å². The molecule has 3 rings (SSSR count). The van der Waals surface area contributed by atoms with E-state index in [1.165, 1.54) is 0 Å². The summed E-state index contributed by atoms with van der Waals surface area (Å²) >= 11 is 1.81. The van der Waals surface area contributed by atoms with Gasteiger partial charge < -0.3 is 14.6 Å². The van der Waals surface area contributed by atoms with E-state index in [1.807, 2.05) is 16.3 Å². The Morgan fingerprint density at radius 1 is 1.53 bits per heavy atom. The number of aryl methyl sites for hydroxylation is 1. The highest BCUT2D eigenvalue weighted by molar-refractivity contribution is 8.14. The number of amidine groups is 1. The predicted molar refractivity (Wildman–Crippen MR) is 75.2 cm³/mol. The van der Waals surface area contributed by atoms with E-state index in [2.05, 4.69) is 27.4 Å².